The molecule has 210 valence electrons. The van der Waals surface area contributed by atoms with E-state index >= 15 is 0 Å². The monoisotopic (exact) mass is 551 g/mol. The summed E-state index contributed by atoms with van der Waals surface area (Å²) in [5, 5.41) is 9.16. The molecule has 5 aromatic rings. The summed E-state index contributed by atoms with van der Waals surface area (Å²) in [6, 6.07) is 25.0. The van der Waals surface area contributed by atoms with Crippen LogP contribution in [0.2, 0.25) is 0 Å². The summed E-state index contributed by atoms with van der Waals surface area (Å²) in [4.78, 5) is 15.9. The molecule has 1 aromatic heterocycles. The van der Waals surface area contributed by atoms with Crippen molar-refractivity contribution in [3.63, 3.8) is 0 Å². The average molecular weight is 552 g/mol. The molecule has 1 heterocycles. The summed E-state index contributed by atoms with van der Waals surface area (Å²) in [6.07, 6.45) is 0.384. The zero-order valence-corrected chi connectivity index (χ0v) is 23.4. The fourth-order valence-electron chi connectivity index (χ4n) is 4.63. The van der Waals surface area contributed by atoms with Crippen LogP contribution in [0.25, 0.3) is 11.0 Å². The van der Waals surface area contributed by atoms with Gasteiger partial charge in [0.2, 0.25) is 0 Å². The van der Waals surface area contributed by atoms with Gasteiger partial charge in [-0.05, 0) is 72.9 Å². The van der Waals surface area contributed by atoms with Crippen LogP contribution in [0.4, 0.5) is 5.69 Å². The van der Waals surface area contributed by atoms with E-state index in [9.17, 15) is 4.79 Å². The average Bonchev–Trinajstić information content (AvgIpc) is 3.28. The summed E-state index contributed by atoms with van der Waals surface area (Å²) in [5.41, 5.74) is 12.4. The first-order valence-electron chi connectivity index (χ1n) is 13.4. The third kappa shape index (κ3) is 6.61. The molecular weight excluding hydrogens is 518 g/mol. The third-order valence-corrected chi connectivity index (χ3v) is 7.00. The minimum absolute atomic E-state index is 0.0189. The second-order valence-electron chi connectivity index (χ2n) is 10.0. The van der Waals surface area contributed by atoms with E-state index in [-0.39, 0.29) is 13.0 Å². The standard InChI is InChI=1S/C33H33N3O5/c1-21-15-27(16-22(2)33(21)34)41-26-12-13-28-29(17-26)36(3)31(35-28)20-39-25-11-9-24(10-14-32(37)38)30(18-25)40-19-23-7-5-4-6-8-23/h4-9,11-13,15-18H,10,14,19-20,34H2,1-3H3,(H,37,38). The van der Waals surface area contributed by atoms with Crippen LogP contribution in [-0.4, -0.2) is 20.6 Å². The highest BCUT2D eigenvalue weighted by Crippen LogP contribution is 2.31. The first kappa shape index (κ1) is 27.6. The van der Waals surface area contributed by atoms with E-state index in [1.54, 1.807) is 0 Å². The van der Waals surface area contributed by atoms with Crippen LogP contribution >= 0.6 is 0 Å². The first-order chi connectivity index (χ1) is 19.8. The van der Waals surface area contributed by atoms with Gasteiger partial charge in [0.1, 0.15) is 42.0 Å². The highest BCUT2D eigenvalue weighted by molar-refractivity contribution is 5.78. The Morgan fingerprint density at radius 1 is 0.878 bits per heavy atom. The molecule has 0 aliphatic rings. The van der Waals surface area contributed by atoms with Crippen molar-refractivity contribution in [2.45, 2.75) is 39.9 Å². The summed E-state index contributed by atoms with van der Waals surface area (Å²) in [5.74, 6) is 2.54. The fraction of sp³-hybridized carbons (Fsp3) is 0.212. The van der Waals surface area contributed by atoms with Crippen molar-refractivity contribution in [3.05, 3.63) is 107 Å². The number of aryl methyl sites for hydroxylation is 4. The number of nitrogen functional groups attached to an aromatic ring is 1. The van der Waals surface area contributed by atoms with Gasteiger partial charge in [0.15, 0.2) is 0 Å². The molecule has 0 saturated carbocycles. The Balaban J connectivity index is 1.31. The molecule has 0 fully saturated rings. The summed E-state index contributed by atoms with van der Waals surface area (Å²) in [7, 11) is 1.94. The quantitative estimate of drug-likeness (QED) is 0.175. The van der Waals surface area contributed by atoms with Gasteiger partial charge in [0.05, 0.1) is 11.0 Å². The number of carboxylic acids is 1. The number of nitrogens with two attached hydrogens (primary N) is 1. The van der Waals surface area contributed by atoms with Crippen molar-refractivity contribution in [1.82, 2.24) is 9.55 Å². The molecule has 8 heteroatoms. The summed E-state index contributed by atoms with van der Waals surface area (Å²) >= 11 is 0. The molecule has 0 aliphatic carbocycles. The molecule has 41 heavy (non-hydrogen) atoms. The highest BCUT2D eigenvalue weighted by atomic mass is 16.5. The van der Waals surface area contributed by atoms with Gasteiger partial charge in [0, 0.05) is 31.3 Å². The number of benzene rings is 4. The van der Waals surface area contributed by atoms with Gasteiger partial charge in [-0.2, -0.15) is 0 Å². The Kier molecular flexibility index (Phi) is 8.10. The smallest absolute Gasteiger partial charge is 0.303 e. The van der Waals surface area contributed by atoms with E-state index < -0.39 is 5.97 Å². The minimum atomic E-state index is -0.853. The normalized spacial score (nSPS) is 11.0. The SMILES string of the molecule is Cc1cc(Oc2ccc3nc(COc4ccc(CCC(=O)O)c(OCc5ccccc5)c4)n(C)c3c2)cc(C)c1N. The number of hydrogen-bond acceptors (Lipinski definition) is 6. The number of ether oxygens (including phenoxy) is 3. The number of carbonyl (C=O) groups is 1. The molecule has 3 N–H and O–H groups in total. The maximum atomic E-state index is 11.2. The lowest BCUT2D eigenvalue weighted by Crippen LogP contribution is -2.05. The van der Waals surface area contributed by atoms with Crippen LogP contribution in [0.15, 0.2) is 78.9 Å². The van der Waals surface area contributed by atoms with Crippen molar-refractivity contribution < 1.29 is 24.1 Å². The van der Waals surface area contributed by atoms with Crippen molar-refractivity contribution >= 4 is 22.7 Å². The predicted molar refractivity (Wildman–Crippen MR) is 159 cm³/mol. The van der Waals surface area contributed by atoms with Crippen molar-refractivity contribution in [2.24, 2.45) is 7.05 Å². The molecule has 8 nitrogen and oxygen atoms in total. The van der Waals surface area contributed by atoms with Crippen molar-refractivity contribution in [3.8, 4) is 23.0 Å². The number of hydrogen-bond donors (Lipinski definition) is 2. The van der Waals surface area contributed by atoms with E-state index in [0.29, 0.717) is 30.3 Å². The van der Waals surface area contributed by atoms with E-state index in [1.807, 2.05) is 104 Å². The number of fused-ring (bicyclic) bond motifs is 1. The number of aromatic nitrogens is 2. The lowest BCUT2D eigenvalue weighted by molar-refractivity contribution is -0.136. The van der Waals surface area contributed by atoms with Gasteiger partial charge in [-0.1, -0.05) is 36.4 Å². The number of nitrogens with zero attached hydrogens (tertiary/aromatic N) is 2. The largest absolute Gasteiger partial charge is 0.488 e. The molecule has 0 unspecified atom stereocenters. The van der Waals surface area contributed by atoms with E-state index in [4.69, 9.17) is 30.0 Å². The third-order valence-electron chi connectivity index (χ3n) is 7.00. The number of anilines is 1. The molecule has 0 aliphatic heterocycles. The maximum absolute atomic E-state index is 11.2. The second kappa shape index (κ2) is 12.0. The molecule has 0 amide bonds. The van der Waals surface area contributed by atoms with Crippen molar-refractivity contribution in [2.75, 3.05) is 5.73 Å². The highest BCUT2D eigenvalue weighted by Gasteiger charge is 2.13. The Morgan fingerprint density at radius 2 is 1.61 bits per heavy atom. The van der Waals surface area contributed by atoms with Crippen molar-refractivity contribution in [1.29, 1.82) is 0 Å². The molecule has 0 saturated heterocycles. The Hall–Kier alpha value is -4.98. The van der Waals surface area contributed by atoms with Crippen LogP contribution in [0.5, 0.6) is 23.0 Å². The predicted octanol–water partition coefficient (Wildman–Crippen LogP) is 6.74. The molecule has 0 atom stereocenters. The first-order valence-corrected chi connectivity index (χ1v) is 13.4. The lowest BCUT2D eigenvalue weighted by Gasteiger charge is -2.14. The van der Waals surface area contributed by atoms with Crippen LogP contribution in [-0.2, 0) is 31.5 Å². The summed E-state index contributed by atoms with van der Waals surface area (Å²) in [6.45, 7) is 4.54. The van der Waals surface area contributed by atoms with Gasteiger partial charge >= 0.3 is 5.97 Å². The van der Waals surface area contributed by atoms with Crippen LogP contribution < -0.4 is 19.9 Å². The fourth-order valence-corrected chi connectivity index (χ4v) is 4.63. The van der Waals surface area contributed by atoms with Crippen LogP contribution in [0.3, 0.4) is 0 Å². The van der Waals surface area contributed by atoms with E-state index in [0.717, 1.165) is 50.5 Å². The molecule has 0 bridgehead atoms. The number of rotatable bonds is 11. The Labute approximate surface area is 238 Å². The molecular formula is C33H33N3O5. The van der Waals surface area contributed by atoms with Crippen LogP contribution in [0.1, 0.15) is 34.5 Å². The molecule has 5 rings (SSSR count). The van der Waals surface area contributed by atoms with Gasteiger partial charge in [-0.15, -0.1) is 0 Å². The zero-order valence-electron chi connectivity index (χ0n) is 23.4. The van der Waals surface area contributed by atoms with Crippen LogP contribution in [0, 0.1) is 13.8 Å². The second-order valence-corrected chi connectivity index (χ2v) is 10.0. The van der Waals surface area contributed by atoms with Gasteiger partial charge in [-0.25, -0.2) is 4.98 Å². The molecule has 0 radical (unpaired) electrons. The van der Waals surface area contributed by atoms with E-state index in [2.05, 4.69) is 0 Å². The zero-order chi connectivity index (χ0) is 28.9. The number of imidazole rings is 1. The summed E-state index contributed by atoms with van der Waals surface area (Å²) < 4.78 is 20.3. The number of carboxylic acid groups (broad SMARTS) is 1. The number of aliphatic carboxylic acids is 1. The van der Waals surface area contributed by atoms with Gasteiger partial charge in [-0.3, -0.25) is 4.79 Å². The molecule has 4 aromatic carbocycles. The molecule has 0 spiro atoms. The van der Waals surface area contributed by atoms with E-state index in [1.165, 1.54) is 0 Å². The maximum Gasteiger partial charge on any atom is 0.303 e. The Morgan fingerprint density at radius 3 is 2.34 bits per heavy atom. The lowest BCUT2D eigenvalue weighted by atomic mass is 10.1. The topological polar surface area (TPSA) is 109 Å². The minimum Gasteiger partial charge on any atom is -0.488 e. The van der Waals surface area contributed by atoms with Gasteiger partial charge < -0.3 is 29.6 Å². The Bertz CT molecular complexity index is 1670. The van der Waals surface area contributed by atoms with Gasteiger partial charge in [0.25, 0.3) is 0 Å².